The van der Waals surface area contributed by atoms with Gasteiger partial charge in [-0.3, -0.25) is 4.79 Å². The highest BCUT2D eigenvalue weighted by molar-refractivity contribution is 7.90. The molecule has 112 valence electrons. The third kappa shape index (κ3) is 9.10. The Morgan fingerprint density at radius 1 is 1.50 bits per heavy atom. The fourth-order valence-electron chi connectivity index (χ4n) is 1.28. The number of hydrogen-bond donors (Lipinski definition) is 1. The minimum atomic E-state index is -3.27. The zero-order chi connectivity index (χ0) is 15.6. The molecule has 0 aromatic carbocycles. The van der Waals surface area contributed by atoms with E-state index in [1.54, 1.807) is 12.1 Å². The lowest BCUT2D eigenvalue weighted by Gasteiger charge is -2.16. The van der Waals surface area contributed by atoms with Crippen LogP contribution in [0.5, 0.6) is 0 Å². The first-order valence-corrected chi connectivity index (χ1v) is 7.97. The van der Waals surface area contributed by atoms with Crippen molar-refractivity contribution in [2.24, 2.45) is 0 Å². The molecule has 1 atom stereocenters. The van der Waals surface area contributed by atoms with Crippen LogP contribution in [0.4, 0.5) is 0 Å². The lowest BCUT2D eigenvalue weighted by Crippen LogP contribution is -2.42. The fourth-order valence-corrected chi connectivity index (χ4v) is 1.95. The number of nitrogens with zero attached hydrogens (tertiary/aromatic N) is 1. The number of nitrogens with one attached hydrogen (secondary N) is 1. The standard InChI is InChI=1S/C12H18N2O5S/c1-3-4-5-11(15)14-10(6-9-20(2,17)18)12(16)19-8-7-13/h3,10H,1,4-6,8-9H2,2H3,(H,14,15)/t10-/m0/s1. The van der Waals surface area contributed by atoms with Crippen LogP contribution in [0.2, 0.25) is 0 Å². The second-order valence-electron chi connectivity index (χ2n) is 4.13. The van der Waals surface area contributed by atoms with E-state index < -0.39 is 34.4 Å². The maximum Gasteiger partial charge on any atom is 0.329 e. The van der Waals surface area contributed by atoms with Gasteiger partial charge in [-0.05, 0) is 12.8 Å². The summed E-state index contributed by atoms with van der Waals surface area (Å²) in [6, 6.07) is 0.552. The molecule has 0 heterocycles. The first kappa shape index (κ1) is 18.1. The van der Waals surface area contributed by atoms with Gasteiger partial charge in [0.05, 0.1) is 5.75 Å². The van der Waals surface area contributed by atoms with Crippen LogP contribution in [-0.4, -0.2) is 45.0 Å². The van der Waals surface area contributed by atoms with Crippen LogP contribution < -0.4 is 5.32 Å². The van der Waals surface area contributed by atoms with Crippen LogP contribution in [0.1, 0.15) is 19.3 Å². The van der Waals surface area contributed by atoms with Gasteiger partial charge in [0.1, 0.15) is 21.9 Å². The molecular formula is C12H18N2O5S. The number of allylic oxidation sites excluding steroid dienone is 1. The van der Waals surface area contributed by atoms with Crippen molar-refractivity contribution >= 4 is 21.7 Å². The average Bonchev–Trinajstić information content (AvgIpc) is 2.37. The molecule has 0 rings (SSSR count). The van der Waals surface area contributed by atoms with Gasteiger partial charge in [0.15, 0.2) is 6.61 Å². The van der Waals surface area contributed by atoms with Gasteiger partial charge in [0.25, 0.3) is 0 Å². The maximum absolute atomic E-state index is 11.6. The molecule has 20 heavy (non-hydrogen) atoms. The Morgan fingerprint density at radius 3 is 2.65 bits per heavy atom. The van der Waals surface area contributed by atoms with E-state index in [1.807, 2.05) is 0 Å². The van der Waals surface area contributed by atoms with E-state index >= 15 is 0 Å². The molecule has 0 saturated heterocycles. The highest BCUT2D eigenvalue weighted by Crippen LogP contribution is 2.01. The van der Waals surface area contributed by atoms with Gasteiger partial charge in [0, 0.05) is 12.7 Å². The quantitative estimate of drug-likeness (QED) is 0.471. The van der Waals surface area contributed by atoms with E-state index in [9.17, 15) is 18.0 Å². The summed E-state index contributed by atoms with van der Waals surface area (Å²) in [6.45, 7) is 3.02. The summed E-state index contributed by atoms with van der Waals surface area (Å²) < 4.78 is 26.8. The van der Waals surface area contributed by atoms with Crippen molar-refractivity contribution in [2.45, 2.75) is 25.3 Å². The summed E-state index contributed by atoms with van der Waals surface area (Å²) in [4.78, 5) is 23.2. The SMILES string of the molecule is C=CCCC(=O)N[C@@H](CCS(C)(=O)=O)C(=O)OCC#N. The van der Waals surface area contributed by atoms with E-state index in [2.05, 4.69) is 16.6 Å². The van der Waals surface area contributed by atoms with Crippen LogP contribution in [0.25, 0.3) is 0 Å². The summed E-state index contributed by atoms with van der Waals surface area (Å²) in [5.41, 5.74) is 0. The smallest absolute Gasteiger partial charge is 0.329 e. The highest BCUT2D eigenvalue weighted by atomic mass is 32.2. The zero-order valence-electron chi connectivity index (χ0n) is 11.3. The summed E-state index contributed by atoms with van der Waals surface area (Å²) in [5.74, 6) is -1.49. The summed E-state index contributed by atoms with van der Waals surface area (Å²) in [7, 11) is -3.27. The van der Waals surface area contributed by atoms with Gasteiger partial charge in [-0.1, -0.05) is 6.08 Å². The Kier molecular flexibility index (Phi) is 8.24. The highest BCUT2D eigenvalue weighted by Gasteiger charge is 2.23. The topological polar surface area (TPSA) is 113 Å². The number of carbonyl (C=O) groups excluding carboxylic acids is 2. The number of ether oxygens (including phenoxy) is 1. The van der Waals surface area contributed by atoms with Crippen LogP contribution in [0.15, 0.2) is 12.7 Å². The number of nitriles is 1. The van der Waals surface area contributed by atoms with Gasteiger partial charge in [0.2, 0.25) is 5.91 Å². The van der Waals surface area contributed by atoms with Crippen molar-refractivity contribution < 1.29 is 22.7 Å². The molecule has 1 N–H and O–H groups in total. The van der Waals surface area contributed by atoms with Gasteiger partial charge in [-0.2, -0.15) is 5.26 Å². The molecule has 0 radical (unpaired) electrons. The average molecular weight is 302 g/mol. The first-order chi connectivity index (χ1) is 9.30. The number of carbonyl (C=O) groups is 2. The van der Waals surface area contributed by atoms with Gasteiger partial charge in [-0.15, -0.1) is 6.58 Å². The lowest BCUT2D eigenvalue weighted by molar-refractivity contribution is -0.146. The normalized spacial score (nSPS) is 12.0. The van der Waals surface area contributed by atoms with E-state index in [4.69, 9.17) is 5.26 Å². The Hall–Kier alpha value is -1.88. The van der Waals surface area contributed by atoms with Crippen molar-refractivity contribution in [1.82, 2.24) is 5.32 Å². The van der Waals surface area contributed by atoms with Crippen LogP contribution in [0, 0.1) is 11.3 Å². The van der Waals surface area contributed by atoms with E-state index in [0.717, 1.165) is 6.26 Å². The molecule has 0 aromatic rings. The zero-order valence-corrected chi connectivity index (χ0v) is 12.1. The molecule has 0 saturated carbocycles. The monoisotopic (exact) mass is 302 g/mol. The molecule has 0 unspecified atom stereocenters. The molecule has 0 fully saturated rings. The summed E-state index contributed by atoms with van der Waals surface area (Å²) in [5, 5.41) is 10.7. The Bertz CT molecular complexity index is 492. The summed E-state index contributed by atoms with van der Waals surface area (Å²) >= 11 is 0. The predicted molar refractivity (Wildman–Crippen MR) is 72.3 cm³/mol. The van der Waals surface area contributed by atoms with E-state index in [-0.39, 0.29) is 18.6 Å². The summed E-state index contributed by atoms with van der Waals surface area (Å²) in [6.07, 6.45) is 3.08. The number of sulfone groups is 1. The molecule has 0 aliphatic rings. The van der Waals surface area contributed by atoms with E-state index in [1.165, 1.54) is 0 Å². The predicted octanol–water partition coefficient (Wildman–Crippen LogP) is -0.0611. The van der Waals surface area contributed by atoms with Crippen molar-refractivity contribution in [3.8, 4) is 6.07 Å². The third-order valence-electron chi connectivity index (χ3n) is 2.25. The van der Waals surface area contributed by atoms with Crippen LogP contribution in [-0.2, 0) is 24.2 Å². The van der Waals surface area contributed by atoms with Gasteiger partial charge >= 0.3 is 5.97 Å². The second-order valence-corrected chi connectivity index (χ2v) is 6.39. The number of rotatable bonds is 9. The third-order valence-corrected chi connectivity index (χ3v) is 3.23. The number of amides is 1. The Labute approximate surface area is 118 Å². The van der Waals surface area contributed by atoms with Gasteiger partial charge in [-0.25, -0.2) is 13.2 Å². The Morgan fingerprint density at radius 2 is 2.15 bits per heavy atom. The first-order valence-electron chi connectivity index (χ1n) is 5.91. The number of esters is 1. The minimum Gasteiger partial charge on any atom is -0.449 e. The maximum atomic E-state index is 11.6. The largest absolute Gasteiger partial charge is 0.449 e. The van der Waals surface area contributed by atoms with Gasteiger partial charge < -0.3 is 10.1 Å². The van der Waals surface area contributed by atoms with Crippen LogP contribution >= 0.6 is 0 Å². The molecule has 0 aliphatic heterocycles. The fraction of sp³-hybridized carbons (Fsp3) is 0.583. The Balaban J connectivity index is 4.61. The molecule has 0 bridgehead atoms. The van der Waals surface area contributed by atoms with Crippen molar-refractivity contribution in [3.63, 3.8) is 0 Å². The van der Waals surface area contributed by atoms with Crippen LogP contribution in [0.3, 0.4) is 0 Å². The van der Waals surface area contributed by atoms with E-state index in [0.29, 0.717) is 6.42 Å². The lowest BCUT2D eigenvalue weighted by atomic mass is 10.2. The molecule has 7 nitrogen and oxygen atoms in total. The molecule has 1 amide bonds. The van der Waals surface area contributed by atoms with Crippen molar-refractivity contribution in [1.29, 1.82) is 5.26 Å². The number of hydrogen-bond acceptors (Lipinski definition) is 6. The minimum absolute atomic E-state index is 0.0943. The molecule has 0 spiro atoms. The molecular weight excluding hydrogens is 284 g/mol. The second kappa shape index (κ2) is 9.09. The van der Waals surface area contributed by atoms with Crippen molar-refractivity contribution in [2.75, 3.05) is 18.6 Å². The molecule has 0 aromatic heterocycles. The van der Waals surface area contributed by atoms with Crippen molar-refractivity contribution in [3.05, 3.63) is 12.7 Å². The molecule has 0 aliphatic carbocycles. The molecule has 8 heteroatoms.